The molecule has 0 spiro atoms. The van der Waals surface area contributed by atoms with E-state index in [1.165, 1.54) is 12.8 Å². The molecule has 2 aromatic rings. The van der Waals surface area contributed by atoms with Crippen LogP contribution in [0.5, 0.6) is 0 Å². The van der Waals surface area contributed by atoms with Gasteiger partial charge >= 0.3 is 0 Å². The van der Waals surface area contributed by atoms with Gasteiger partial charge < -0.3 is 10.1 Å². The van der Waals surface area contributed by atoms with Crippen LogP contribution in [0.1, 0.15) is 32.1 Å². The van der Waals surface area contributed by atoms with Crippen LogP contribution in [0.25, 0.3) is 10.9 Å². The van der Waals surface area contributed by atoms with Crippen molar-refractivity contribution in [3.05, 3.63) is 24.4 Å². The number of hydrogen-bond donors (Lipinski definition) is 2. The van der Waals surface area contributed by atoms with Gasteiger partial charge in [0.1, 0.15) is 0 Å². The Hall–Kier alpha value is -1.92. The van der Waals surface area contributed by atoms with Crippen LogP contribution in [-0.4, -0.2) is 52.8 Å². The minimum atomic E-state index is 0.0198. The zero-order chi connectivity index (χ0) is 16.4. The number of rotatable bonds is 4. The van der Waals surface area contributed by atoms with E-state index in [0.29, 0.717) is 6.42 Å². The van der Waals surface area contributed by atoms with Gasteiger partial charge in [0, 0.05) is 36.1 Å². The van der Waals surface area contributed by atoms with Gasteiger partial charge in [-0.2, -0.15) is 5.10 Å². The van der Waals surface area contributed by atoms with Crippen LogP contribution in [0.3, 0.4) is 0 Å². The van der Waals surface area contributed by atoms with Crippen molar-refractivity contribution in [3.63, 3.8) is 0 Å². The van der Waals surface area contributed by atoms with E-state index in [2.05, 4.69) is 20.4 Å². The second kappa shape index (κ2) is 6.53. The molecule has 6 nitrogen and oxygen atoms in total. The van der Waals surface area contributed by atoms with Crippen molar-refractivity contribution in [2.24, 2.45) is 0 Å². The molecule has 2 heterocycles. The van der Waals surface area contributed by atoms with E-state index in [1.807, 2.05) is 18.2 Å². The minimum Gasteiger partial charge on any atom is -0.379 e. The first-order valence-corrected chi connectivity index (χ1v) is 8.81. The number of H-pyrrole nitrogens is 1. The Labute approximate surface area is 141 Å². The van der Waals surface area contributed by atoms with Gasteiger partial charge in [-0.05, 0) is 31.0 Å². The maximum atomic E-state index is 12.7. The van der Waals surface area contributed by atoms with E-state index >= 15 is 0 Å². The molecule has 0 bridgehead atoms. The number of carbonyl (C=O) groups excluding carboxylic acids is 1. The van der Waals surface area contributed by atoms with Crippen LogP contribution in [0.4, 0.5) is 5.69 Å². The van der Waals surface area contributed by atoms with Crippen molar-refractivity contribution in [1.29, 1.82) is 0 Å². The largest absolute Gasteiger partial charge is 0.379 e. The van der Waals surface area contributed by atoms with E-state index in [0.717, 1.165) is 55.7 Å². The number of carbonyl (C=O) groups is 1. The molecule has 1 aromatic carbocycles. The highest BCUT2D eigenvalue weighted by Gasteiger charge is 2.41. The van der Waals surface area contributed by atoms with Gasteiger partial charge in [0.2, 0.25) is 5.91 Å². The van der Waals surface area contributed by atoms with E-state index in [1.54, 1.807) is 6.20 Å². The van der Waals surface area contributed by atoms with Gasteiger partial charge in [-0.1, -0.05) is 12.8 Å². The highest BCUT2D eigenvalue weighted by Crippen LogP contribution is 2.38. The molecule has 1 amide bonds. The smallest absolute Gasteiger partial charge is 0.226 e. The molecule has 1 saturated carbocycles. The molecule has 1 aliphatic heterocycles. The molecule has 2 aliphatic rings. The van der Waals surface area contributed by atoms with Crippen molar-refractivity contribution in [1.82, 2.24) is 15.1 Å². The highest BCUT2D eigenvalue weighted by molar-refractivity contribution is 5.94. The van der Waals surface area contributed by atoms with Crippen molar-refractivity contribution in [3.8, 4) is 0 Å². The van der Waals surface area contributed by atoms with Crippen LogP contribution in [0, 0.1) is 0 Å². The zero-order valence-electron chi connectivity index (χ0n) is 13.9. The lowest BCUT2D eigenvalue weighted by molar-refractivity contribution is -0.120. The van der Waals surface area contributed by atoms with Crippen LogP contribution < -0.4 is 5.32 Å². The second-order valence-electron chi connectivity index (χ2n) is 6.93. The topological polar surface area (TPSA) is 70.2 Å². The molecule has 128 valence electrons. The Kier molecular flexibility index (Phi) is 4.24. The monoisotopic (exact) mass is 328 g/mol. The molecule has 24 heavy (non-hydrogen) atoms. The molecular weight excluding hydrogens is 304 g/mol. The average Bonchev–Trinajstić information content (AvgIpc) is 3.25. The summed E-state index contributed by atoms with van der Waals surface area (Å²) in [4.78, 5) is 15.2. The summed E-state index contributed by atoms with van der Waals surface area (Å²) in [7, 11) is 0. The second-order valence-corrected chi connectivity index (χ2v) is 6.93. The number of hydrogen-bond acceptors (Lipinski definition) is 4. The molecule has 0 radical (unpaired) electrons. The summed E-state index contributed by atoms with van der Waals surface area (Å²) in [5.74, 6) is 0.0993. The van der Waals surface area contributed by atoms with Crippen LogP contribution in [0.15, 0.2) is 24.4 Å². The van der Waals surface area contributed by atoms with Gasteiger partial charge in [-0.3, -0.25) is 14.8 Å². The Bertz CT molecular complexity index is 715. The van der Waals surface area contributed by atoms with Crippen molar-refractivity contribution >= 4 is 22.5 Å². The van der Waals surface area contributed by atoms with E-state index in [9.17, 15) is 4.79 Å². The molecule has 6 heteroatoms. The number of anilines is 1. The molecule has 1 saturated heterocycles. The lowest BCUT2D eigenvalue weighted by Crippen LogP contribution is -2.53. The van der Waals surface area contributed by atoms with Crippen LogP contribution >= 0.6 is 0 Å². The first-order valence-electron chi connectivity index (χ1n) is 8.81. The Morgan fingerprint density at radius 1 is 1.29 bits per heavy atom. The summed E-state index contributed by atoms with van der Waals surface area (Å²) in [6.07, 6.45) is 7.00. The number of benzene rings is 1. The lowest BCUT2D eigenvalue weighted by Gasteiger charge is -2.43. The Morgan fingerprint density at radius 3 is 2.88 bits per heavy atom. The number of ether oxygens (including phenoxy) is 1. The van der Waals surface area contributed by atoms with Crippen LogP contribution in [-0.2, 0) is 9.53 Å². The molecule has 0 atom stereocenters. The predicted octanol–water partition coefficient (Wildman–Crippen LogP) is 2.54. The van der Waals surface area contributed by atoms with Gasteiger partial charge in [0.15, 0.2) is 0 Å². The number of aromatic amines is 1. The molecule has 4 rings (SSSR count). The van der Waals surface area contributed by atoms with E-state index < -0.39 is 0 Å². The fourth-order valence-corrected chi connectivity index (χ4v) is 4.19. The van der Waals surface area contributed by atoms with Crippen molar-refractivity contribution in [2.45, 2.75) is 37.6 Å². The van der Waals surface area contributed by atoms with Crippen LogP contribution in [0.2, 0.25) is 0 Å². The minimum absolute atomic E-state index is 0.0198. The van der Waals surface area contributed by atoms with Crippen molar-refractivity contribution < 1.29 is 9.53 Å². The summed E-state index contributed by atoms with van der Waals surface area (Å²) < 4.78 is 5.49. The fraction of sp³-hybridized carbons (Fsp3) is 0.556. The summed E-state index contributed by atoms with van der Waals surface area (Å²) in [5, 5.41) is 11.1. The fourth-order valence-electron chi connectivity index (χ4n) is 4.19. The Morgan fingerprint density at radius 2 is 2.08 bits per heavy atom. The number of nitrogens with one attached hydrogen (secondary N) is 2. The maximum absolute atomic E-state index is 12.7. The van der Waals surface area contributed by atoms with Gasteiger partial charge in [0.25, 0.3) is 0 Å². The highest BCUT2D eigenvalue weighted by atomic mass is 16.5. The lowest BCUT2D eigenvalue weighted by atomic mass is 9.90. The number of fused-ring (bicyclic) bond motifs is 1. The third kappa shape index (κ3) is 3.03. The van der Waals surface area contributed by atoms with Gasteiger partial charge in [-0.25, -0.2) is 0 Å². The zero-order valence-corrected chi connectivity index (χ0v) is 13.9. The molecule has 1 aliphatic carbocycles. The standard InChI is InChI=1S/C18H24N4O2/c23-17(20-15-4-3-14-13-19-21-16(14)11-15)12-18(5-1-2-6-18)22-7-9-24-10-8-22/h3-4,11,13H,1-2,5-10,12H2,(H,19,21)(H,20,23). The van der Waals surface area contributed by atoms with E-state index in [-0.39, 0.29) is 11.4 Å². The van der Waals surface area contributed by atoms with Gasteiger partial charge in [-0.15, -0.1) is 0 Å². The third-order valence-corrected chi connectivity index (χ3v) is 5.43. The van der Waals surface area contributed by atoms with E-state index in [4.69, 9.17) is 4.74 Å². The number of amides is 1. The summed E-state index contributed by atoms with van der Waals surface area (Å²) in [5.41, 5.74) is 1.79. The maximum Gasteiger partial charge on any atom is 0.226 e. The number of nitrogens with zero attached hydrogens (tertiary/aromatic N) is 2. The first kappa shape index (κ1) is 15.6. The Balaban J connectivity index is 1.46. The molecule has 2 N–H and O–H groups in total. The quantitative estimate of drug-likeness (QED) is 0.905. The normalized spacial score (nSPS) is 21.2. The third-order valence-electron chi connectivity index (χ3n) is 5.43. The predicted molar refractivity (Wildman–Crippen MR) is 92.9 cm³/mol. The molecular formula is C18H24N4O2. The number of morpholine rings is 1. The summed E-state index contributed by atoms with van der Waals surface area (Å²) >= 11 is 0. The summed E-state index contributed by atoms with van der Waals surface area (Å²) in [6.45, 7) is 3.43. The SMILES string of the molecule is O=C(CC1(N2CCOCC2)CCCC1)Nc1ccc2cn[nH]c2c1. The number of aromatic nitrogens is 2. The van der Waals surface area contributed by atoms with Crippen molar-refractivity contribution in [2.75, 3.05) is 31.6 Å². The average molecular weight is 328 g/mol. The first-order chi connectivity index (χ1) is 11.8. The van der Waals surface area contributed by atoms with Gasteiger partial charge in [0.05, 0.1) is 24.9 Å². The molecule has 1 aromatic heterocycles. The summed E-state index contributed by atoms with van der Waals surface area (Å²) in [6, 6.07) is 5.85. The molecule has 0 unspecified atom stereocenters. The molecule has 2 fully saturated rings.